The highest BCUT2D eigenvalue weighted by molar-refractivity contribution is 5.74. The lowest BCUT2D eigenvalue weighted by molar-refractivity contribution is -0.152. The minimum absolute atomic E-state index is 0.0317. The predicted octanol–water partition coefficient (Wildman–Crippen LogP) is 3.02. The number of nitrogens with two attached hydrogens (primary N) is 1. The molecule has 0 radical (unpaired) electrons. The average molecular weight is 379 g/mol. The molecule has 144 valence electrons. The van der Waals surface area contributed by atoms with Crippen molar-refractivity contribution in [1.82, 2.24) is 15.0 Å². The minimum atomic E-state index is -0.772. The van der Waals surface area contributed by atoms with Gasteiger partial charge in [0, 0.05) is 5.69 Å². The van der Waals surface area contributed by atoms with Crippen molar-refractivity contribution >= 4 is 23.6 Å². The Morgan fingerprint density at radius 3 is 2.50 bits per heavy atom. The zero-order valence-corrected chi connectivity index (χ0v) is 15.6. The third kappa shape index (κ3) is 5.41. The maximum atomic E-state index is 12.1. The molecule has 0 fully saturated rings. The molecule has 0 saturated carbocycles. The Kier molecular flexibility index (Phi) is 6.01. The number of aromatic nitrogens is 3. The molecule has 2 aromatic carbocycles. The Hall–Kier alpha value is -3.68. The van der Waals surface area contributed by atoms with Gasteiger partial charge in [0.25, 0.3) is 0 Å². The van der Waals surface area contributed by atoms with Crippen LogP contribution in [-0.4, -0.2) is 27.0 Å². The van der Waals surface area contributed by atoms with E-state index < -0.39 is 12.1 Å². The van der Waals surface area contributed by atoms with E-state index in [4.69, 9.17) is 15.2 Å². The molecule has 0 spiro atoms. The number of nitrogens with zero attached hydrogens (tertiary/aromatic N) is 3. The van der Waals surface area contributed by atoms with Crippen molar-refractivity contribution in [2.75, 3.05) is 11.1 Å². The molecule has 8 nitrogen and oxygen atoms in total. The number of hydrogen-bond donors (Lipinski definition) is 2. The second kappa shape index (κ2) is 8.81. The number of para-hydroxylation sites is 1. The monoisotopic (exact) mass is 379 g/mol. The van der Waals surface area contributed by atoms with Gasteiger partial charge in [-0.1, -0.05) is 35.9 Å². The van der Waals surface area contributed by atoms with Crippen LogP contribution in [0, 0.1) is 6.92 Å². The van der Waals surface area contributed by atoms with E-state index in [1.165, 1.54) is 0 Å². The first-order valence-corrected chi connectivity index (χ1v) is 8.72. The summed E-state index contributed by atoms with van der Waals surface area (Å²) in [7, 11) is 0. The van der Waals surface area contributed by atoms with Crippen LogP contribution in [0.4, 0.5) is 17.6 Å². The highest BCUT2D eigenvalue weighted by Crippen LogP contribution is 2.15. The van der Waals surface area contributed by atoms with Crippen LogP contribution in [0.1, 0.15) is 18.3 Å². The van der Waals surface area contributed by atoms with E-state index in [1.54, 1.807) is 19.1 Å². The molecule has 1 aromatic heterocycles. The first-order chi connectivity index (χ1) is 13.5. The molecule has 0 saturated heterocycles. The van der Waals surface area contributed by atoms with Gasteiger partial charge < -0.3 is 20.5 Å². The number of nitrogens with one attached hydrogen (secondary N) is 1. The molecule has 0 bridgehead atoms. The van der Waals surface area contributed by atoms with E-state index in [0.29, 0.717) is 5.75 Å². The highest BCUT2D eigenvalue weighted by Gasteiger charge is 2.17. The van der Waals surface area contributed by atoms with E-state index in [1.807, 2.05) is 49.4 Å². The lowest BCUT2D eigenvalue weighted by atomic mass is 10.2. The van der Waals surface area contributed by atoms with Crippen LogP contribution >= 0.6 is 0 Å². The van der Waals surface area contributed by atoms with Crippen molar-refractivity contribution in [3.05, 3.63) is 66.0 Å². The fourth-order valence-electron chi connectivity index (χ4n) is 2.33. The summed E-state index contributed by atoms with van der Waals surface area (Å²) in [4.78, 5) is 24.4. The lowest BCUT2D eigenvalue weighted by Gasteiger charge is -2.14. The topological polar surface area (TPSA) is 112 Å². The summed E-state index contributed by atoms with van der Waals surface area (Å²) in [5.74, 6) is 0.597. The number of rotatable bonds is 7. The quantitative estimate of drug-likeness (QED) is 0.603. The molecule has 3 aromatic rings. The molecule has 28 heavy (non-hydrogen) atoms. The number of benzene rings is 2. The van der Waals surface area contributed by atoms with Crippen LogP contribution in [0.5, 0.6) is 5.75 Å². The number of carbonyl (C=O) groups excluding carboxylic acids is 1. The van der Waals surface area contributed by atoms with E-state index >= 15 is 0 Å². The van der Waals surface area contributed by atoms with E-state index in [9.17, 15) is 4.79 Å². The van der Waals surface area contributed by atoms with Gasteiger partial charge in [-0.15, -0.1) is 0 Å². The Morgan fingerprint density at radius 2 is 1.79 bits per heavy atom. The van der Waals surface area contributed by atoms with Crippen LogP contribution in [-0.2, 0) is 16.1 Å². The van der Waals surface area contributed by atoms with Gasteiger partial charge in [0.1, 0.15) is 5.75 Å². The van der Waals surface area contributed by atoms with Crippen molar-refractivity contribution < 1.29 is 14.3 Å². The van der Waals surface area contributed by atoms with Crippen LogP contribution in [0.2, 0.25) is 0 Å². The Labute approximate surface area is 162 Å². The Balaban J connectivity index is 1.60. The van der Waals surface area contributed by atoms with Gasteiger partial charge in [0.2, 0.25) is 11.9 Å². The van der Waals surface area contributed by atoms with E-state index in [0.717, 1.165) is 11.3 Å². The van der Waals surface area contributed by atoms with E-state index in [-0.39, 0.29) is 24.3 Å². The van der Waals surface area contributed by atoms with Crippen LogP contribution in [0.25, 0.3) is 0 Å². The molecule has 0 aliphatic rings. The third-order valence-electron chi connectivity index (χ3n) is 3.74. The predicted molar refractivity (Wildman–Crippen MR) is 105 cm³/mol. The first kappa shape index (κ1) is 19.1. The van der Waals surface area contributed by atoms with Crippen LogP contribution < -0.4 is 15.8 Å². The maximum Gasteiger partial charge on any atom is 0.347 e. The zero-order chi connectivity index (χ0) is 19.9. The summed E-state index contributed by atoms with van der Waals surface area (Å²) in [5.41, 5.74) is 7.69. The lowest BCUT2D eigenvalue weighted by Crippen LogP contribution is -2.26. The molecule has 1 atom stereocenters. The van der Waals surface area contributed by atoms with Crippen molar-refractivity contribution in [3.8, 4) is 5.75 Å². The molecule has 1 unspecified atom stereocenters. The zero-order valence-electron chi connectivity index (χ0n) is 15.6. The van der Waals surface area contributed by atoms with Gasteiger partial charge >= 0.3 is 5.97 Å². The summed E-state index contributed by atoms with van der Waals surface area (Å²) >= 11 is 0. The molecular formula is C20H21N5O3. The molecular weight excluding hydrogens is 358 g/mol. The average Bonchev–Trinajstić information content (AvgIpc) is 2.68. The molecule has 0 amide bonds. The van der Waals surface area contributed by atoms with Crippen LogP contribution in [0.15, 0.2) is 54.6 Å². The summed E-state index contributed by atoms with van der Waals surface area (Å²) < 4.78 is 10.8. The van der Waals surface area contributed by atoms with Crippen molar-refractivity contribution in [2.45, 2.75) is 26.6 Å². The van der Waals surface area contributed by atoms with Gasteiger partial charge in [0.05, 0.1) is 0 Å². The molecule has 0 aliphatic carbocycles. The standard InChI is InChI=1S/C20H21N5O3/c1-13-8-10-15(11-9-13)22-20-24-17(23-19(21)25-20)12-27-18(26)14(2)28-16-6-4-3-5-7-16/h3-11,14H,12H2,1-2H3,(H3,21,22,23,24,25). The van der Waals surface area contributed by atoms with Crippen molar-refractivity contribution in [1.29, 1.82) is 0 Å². The van der Waals surface area contributed by atoms with Gasteiger partial charge in [-0.3, -0.25) is 0 Å². The minimum Gasteiger partial charge on any atom is -0.479 e. The normalized spacial score (nSPS) is 11.5. The maximum absolute atomic E-state index is 12.1. The number of ether oxygens (including phenoxy) is 2. The van der Waals surface area contributed by atoms with Crippen molar-refractivity contribution in [2.24, 2.45) is 0 Å². The largest absolute Gasteiger partial charge is 0.479 e. The van der Waals surface area contributed by atoms with Gasteiger partial charge in [0.15, 0.2) is 18.5 Å². The summed E-state index contributed by atoms with van der Waals surface area (Å²) in [6, 6.07) is 16.8. The Morgan fingerprint density at radius 1 is 1.07 bits per heavy atom. The number of hydrogen-bond acceptors (Lipinski definition) is 8. The number of esters is 1. The number of carbonyl (C=O) groups is 1. The second-order valence-electron chi connectivity index (χ2n) is 6.11. The number of aryl methyl sites for hydroxylation is 1. The second-order valence-corrected chi connectivity index (χ2v) is 6.11. The third-order valence-corrected chi connectivity index (χ3v) is 3.74. The van der Waals surface area contributed by atoms with Gasteiger partial charge in [-0.25, -0.2) is 4.79 Å². The molecule has 1 heterocycles. The Bertz CT molecular complexity index is 932. The first-order valence-electron chi connectivity index (χ1n) is 8.72. The molecule has 3 N–H and O–H groups in total. The summed E-state index contributed by atoms with van der Waals surface area (Å²) in [6.07, 6.45) is -0.772. The smallest absolute Gasteiger partial charge is 0.347 e. The SMILES string of the molecule is Cc1ccc(Nc2nc(N)nc(COC(=O)C(C)Oc3ccccc3)n2)cc1. The molecule has 8 heteroatoms. The highest BCUT2D eigenvalue weighted by atomic mass is 16.6. The fraction of sp³-hybridized carbons (Fsp3) is 0.200. The summed E-state index contributed by atoms with van der Waals surface area (Å²) in [5, 5.41) is 3.05. The number of nitrogen functional groups attached to an aromatic ring is 1. The molecule has 0 aliphatic heterocycles. The van der Waals surface area contributed by atoms with E-state index in [2.05, 4.69) is 20.3 Å². The fourth-order valence-corrected chi connectivity index (χ4v) is 2.33. The van der Waals surface area contributed by atoms with Crippen LogP contribution in [0.3, 0.4) is 0 Å². The molecule has 3 rings (SSSR count). The number of anilines is 3. The summed E-state index contributed by atoms with van der Waals surface area (Å²) in [6.45, 7) is 3.47. The van der Waals surface area contributed by atoms with Gasteiger partial charge in [-0.05, 0) is 38.1 Å². The van der Waals surface area contributed by atoms with Crippen molar-refractivity contribution in [3.63, 3.8) is 0 Å². The van der Waals surface area contributed by atoms with Gasteiger partial charge in [-0.2, -0.15) is 15.0 Å².